The number of rotatable bonds is 7. The van der Waals surface area contributed by atoms with Gasteiger partial charge in [-0.05, 0) is 86.8 Å². The zero-order chi connectivity index (χ0) is 26.6. The van der Waals surface area contributed by atoms with Gasteiger partial charge in [0.2, 0.25) is 5.65 Å². The van der Waals surface area contributed by atoms with Crippen LogP contribution in [0.2, 0.25) is 5.02 Å². The molecule has 202 valence electrons. The number of aliphatic carboxylic acids is 1. The number of carbonyl (C=O) groups is 1. The fourth-order valence-electron chi connectivity index (χ4n) is 6.37. The summed E-state index contributed by atoms with van der Waals surface area (Å²) in [6, 6.07) is 8.28. The van der Waals surface area contributed by atoms with Gasteiger partial charge in [0.05, 0.1) is 5.41 Å². The van der Waals surface area contributed by atoms with E-state index in [1.807, 2.05) is 45.0 Å². The Hall–Kier alpha value is -2.91. The van der Waals surface area contributed by atoms with E-state index in [4.69, 9.17) is 26.0 Å². The number of piperidine rings is 1. The first-order valence-electron chi connectivity index (χ1n) is 13.5. The van der Waals surface area contributed by atoms with Gasteiger partial charge in [-0.15, -0.1) is 0 Å². The van der Waals surface area contributed by atoms with Crippen LogP contribution in [-0.4, -0.2) is 63.5 Å². The number of aromatic nitrogens is 3. The molecule has 6 rings (SSSR count). The lowest BCUT2D eigenvalue weighted by Gasteiger charge is -2.52. The van der Waals surface area contributed by atoms with Crippen molar-refractivity contribution in [3.63, 3.8) is 0 Å². The molecular formula is C28H34ClN5O4. The van der Waals surface area contributed by atoms with Gasteiger partial charge in [-0.2, -0.15) is 0 Å². The highest BCUT2D eigenvalue weighted by Gasteiger charge is 2.49. The van der Waals surface area contributed by atoms with Gasteiger partial charge in [-0.25, -0.2) is 9.61 Å². The molecule has 0 bridgehead atoms. The molecule has 38 heavy (non-hydrogen) atoms. The highest BCUT2D eigenvalue weighted by atomic mass is 35.5. The molecule has 9 nitrogen and oxygen atoms in total. The number of likely N-dealkylation sites (tertiary alicyclic amines) is 1. The Balaban J connectivity index is 1.11. The molecular weight excluding hydrogens is 506 g/mol. The molecule has 1 saturated carbocycles. The van der Waals surface area contributed by atoms with Crippen LogP contribution < -0.4 is 9.64 Å². The van der Waals surface area contributed by atoms with E-state index in [-0.39, 0.29) is 6.10 Å². The van der Waals surface area contributed by atoms with Crippen molar-refractivity contribution < 1.29 is 19.3 Å². The van der Waals surface area contributed by atoms with Crippen LogP contribution in [0.3, 0.4) is 0 Å². The van der Waals surface area contributed by atoms with Gasteiger partial charge in [0.15, 0.2) is 11.3 Å². The average Bonchev–Trinajstić information content (AvgIpc) is 3.30. The molecule has 3 aromatic rings. The average molecular weight is 540 g/mol. The molecule has 2 aromatic heterocycles. The molecule has 1 N–H and O–H groups in total. The number of aryl methyl sites for hydroxylation is 1. The molecule has 3 aliphatic rings. The lowest BCUT2D eigenvalue weighted by molar-refractivity contribution is -0.158. The van der Waals surface area contributed by atoms with Crippen molar-refractivity contribution in [3.05, 3.63) is 40.4 Å². The monoisotopic (exact) mass is 539 g/mol. The summed E-state index contributed by atoms with van der Waals surface area (Å²) in [5.41, 5.74) is 2.38. The molecule has 0 amide bonds. The molecule has 3 fully saturated rings. The standard InChI is InChI=1S/C28H34ClN5O4/c1-16-6-7-21(22(29)9-16)17(2)37-23-10-24(30-26-25(23)31-38-32-26)34-14-19(15-34)18-5-4-8-33(13-18)20-11-28(3,12-20)27(35)36/h6-7,9-10,17-20H,4-5,8,11-15H2,1-3H3,(H,35,36)/t17-,18+,20?,28?/m1/s1. The van der Waals surface area contributed by atoms with Crippen LogP contribution >= 0.6 is 11.6 Å². The summed E-state index contributed by atoms with van der Waals surface area (Å²) in [7, 11) is 0. The van der Waals surface area contributed by atoms with Gasteiger partial charge in [0.1, 0.15) is 11.9 Å². The molecule has 2 atom stereocenters. The second kappa shape index (κ2) is 9.68. The number of halogens is 1. The fourth-order valence-corrected chi connectivity index (χ4v) is 6.76. The van der Waals surface area contributed by atoms with Crippen molar-refractivity contribution >= 4 is 34.6 Å². The number of ether oxygens (including phenoxy) is 1. The third-order valence-corrected chi connectivity index (χ3v) is 9.20. The SMILES string of the molecule is Cc1ccc([C@@H](C)Oc2cc(N3CC([C@H]4CCCN(C5CC(C)(C(=O)O)C5)C4)C3)nc3nonc23)c(Cl)c1. The highest BCUT2D eigenvalue weighted by molar-refractivity contribution is 6.31. The lowest BCUT2D eigenvalue weighted by atomic mass is 9.65. The zero-order valence-electron chi connectivity index (χ0n) is 22.1. The van der Waals surface area contributed by atoms with Crippen LogP contribution in [-0.2, 0) is 4.79 Å². The van der Waals surface area contributed by atoms with Gasteiger partial charge >= 0.3 is 5.97 Å². The zero-order valence-corrected chi connectivity index (χ0v) is 22.8. The number of carboxylic acids is 1. The maximum atomic E-state index is 11.5. The lowest BCUT2D eigenvalue weighted by Crippen LogP contribution is -2.58. The molecule has 0 spiro atoms. The van der Waals surface area contributed by atoms with E-state index in [0.29, 0.717) is 39.8 Å². The Kier molecular flexibility index (Phi) is 6.46. The van der Waals surface area contributed by atoms with Crippen LogP contribution in [0.15, 0.2) is 28.9 Å². The highest BCUT2D eigenvalue weighted by Crippen LogP contribution is 2.45. The summed E-state index contributed by atoms with van der Waals surface area (Å²) in [5, 5.41) is 18.2. The summed E-state index contributed by atoms with van der Waals surface area (Å²) < 4.78 is 11.3. The van der Waals surface area contributed by atoms with Crippen LogP contribution in [0, 0.1) is 24.2 Å². The summed E-state index contributed by atoms with van der Waals surface area (Å²) in [6.45, 7) is 9.84. The normalized spacial score (nSPS) is 27.1. The van der Waals surface area contributed by atoms with Crippen molar-refractivity contribution in [2.75, 3.05) is 31.1 Å². The van der Waals surface area contributed by atoms with Crippen molar-refractivity contribution in [2.24, 2.45) is 17.3 Å². The largest absolute Gasteiger partial charge is 0.483 e. The van der Waals surface area contributed by atoms with E-state index in [1.165, 1.54) is 12.8 Å². The van der Waals surface area contributed by atoms with E-state index in [9.17, 15) is 9.90 Å². The molecule has 10 heteroatoms. The Bertz CT molecular complexity index is 1350. The summed E-state index contributed by atoms with van der Waals surface area (Å²) in [6.07, 6.45) is 3.63. The summed E-state index contributed by atoms with van der Waals surface area (Å²) >= 11 is 6.48. The van der Waals surface area contributed by atoms with Gasteiger partial charge in [-0.1, -0.05) is 23.7 Å². The van der Waals surface area contributed by atoms with Gasteiger partial charge in [0, 0.05) is 42.3 Å². The second-order valence-electron chi connectivity index (χ2n) is 11.7. The first-order valence-corrected chi connectivity index (χ1v) is 13.9. The minimum absolute atomic E-state index is 0.287. The summed E-state index contributed by atoms with van der Waals surface area (Å²) in [5.74, 6) is 1.93. The molecule has 1 aliphatic carbocycles. The Morgan fingerprint density at radius 1 is 1.21 bits per heavy atom. The van der Waals surface area contributed by atoms with Crippen molar-refractivity contribution in [3.8, 4) is 5.75 Å². The minimum Gasteiger partial charge on any atom is -0.483 e. The Morgan fingerprint density at radius 3 is 2.74 bits per heavy atom. The van der Waals surface area contributed by atoms with E-state index in [2.05, 4.69) is 20.1 Å². The van der Waals surface area contributed by atoms with Gasteiger partial charge < -0.3 is 19.6 Å². The quantitative estimate of drug-likeness (QED) is 0.438. The molecule has 0 unspecified atom stereocenters. The maximum Gasteiger partial charge on any atom is 0.309 e. The van der Waals surface area contributed by atoms with Gasteiger partial charge in [-0.3, -0.25) is 4.79 Å². The van der Waals surface area contributed by atoms with Crippen LogP contribution in [0.25, 0.3) is 11.2 Å². The molecule has 2 aliphatic heterocycles. The van der Waals surface area contributed by atoms with Crippen LogP contribution in [0.4, 0.5) is 5.82 Å². The summed E-state index contributed by atoms with van der Waals surface area (Å²) in [4.78, 5) is 21.0. The molecule has 1 aromatic carbocycles. The predicted octanol–water partition coefficient (Wildman–Crippen LogP) is 5.12. The first kappa shape index (κ1) is 25.4. The third kappa shape index (κ3) is 4.60. The number of pyridine rings is 1. The predicted molar refractivity (Wildman–Crippen MR) is 144 cm³/mol. The maximum absolute atomic E-state index is 11.5. The van der Waals surface area contributed by atoms with Crippen molar-refractivity contribution in [1.29, 1.82) is 0 Å². The second-order valence-corrected chi connectivity index (χ2v) is 12.1. The Labute approximate surface area is 227 Å². The number of fused-ring (bicyclic) bond motifs is 1. The Morgan fingerprint density at radius 2 is 2.00 bits per heavy atom. The van der Waals surface area contributed by atoms with Crippen LogP contribution in [0.1, 0.15) is 56.8 Å². The number of hydrogen-bond acceptors (Lipinski definition) is 8. The third-order valence-electron chi connectivity index (χ3n) is 8.88. The first-order chi connectivity index (χ1) is 18.2. The number of nitrogens with zero attached hydrogens (tertiary/aromatic N) is 5. The molecule has 2 saturated heterocycles. The van der Waals surface area contributed by atoms with Gasteiger partial charge in [0.25, 0.3) is 0 Å². The van der Waals surface area contributed by atoms with Crippen LogP contribution in [0.5, 0.6) is 5.75 Å². The van der Waals surface area contributed by atoms with E-state index in [1.54, 1.807) is 0 Å². The number of benzene rings is 1. The van der Waals surface area contributed by atoms with Crippen molar-refractivity contribution in [1.82, 2.24) is 20.2 Å². The number of hydrogen-bond donors (Lipinski definition) is 1. The molecule has 0 radical (unpaired) electrons. The number of anilines is 1. The topological polar surface area (TPSA) is 105 Å². The smallest absolute Gasteiger partial charge is 0.309 e. The van der Waals surface area contributed by atoms with E-state index in [0.717, 1.165) is 56.0 Å². The minimum atomic E-state index is -0.663. The van der Waals surface area contributed by atoms with E-state index < -0.39 is 11.4 Å². The number of carboxylic acid groups (broad SMARTS) is 1. The fraction of sp³-hybridized carbons (Fsp3) is 0.571. The molecule has 4 heterocycles. The van der Waals surface area contributed by atoms with Crippen molar-refractivity contribution in [2.45, 2.75) is 58.6 Å². The van der Waals surface area contributed by atoms with E-state index >= 15 is 0 Å².